The monoisotopic (exact) mass is 290 g/mol. The van der Waals surface area contributed by atoms with Gasteiger partial charge in [-0.3, -0.25) is 4.79 Å². The van der Waals surface area contributed by atoms with Crippen LogP contribution in [0.4, 0.5) is 11.5 Å². The molecule has 1 aliphatic rings. The summed E-state index contributed by atoms with van der Waals surface area (Å²) < 4.78 is 3.72. The van der Waals surface area contributed by atoms with Crippen LogP contribution in [-0.4, -0.2) is 51.6 Å². The van der Waals surface area contributed by atoms with Crippen molar-refractivity contribution in [2.45, 2.75) is 0 Å². The molecule has 1 aliphatic heterocycles. The largest absolute Gasteiger partial charge is 0.396 e. The van der Waals surface area contributed by atoms with Crippen LogP contribution < -0.4 is 10.6 Å². The topological polar surface area (TPSA) is 88.2 Å². The molecule has 0 saturated carbocycles. The minimum absolute atomic E-state index is 0.0626. The van der Waals surface area contributed by atoms with Gasteiger partial charge in [0.2, 0.25) is 0 Å². The molecule has 0 atom stereocenters. The maximum atomic E-state index is 12.1. The van der Waals surface area contributed by atoms with E-state index in [2.05, 4.69) is 19.5 Å². The summed E-state index contributed by atoms with van der Waals surface area (Å²) in [6, 6.07) is 3.65. The standard InChI is InChI=1S/C12H14N6OS/c13-9-2-1-3-14-11(9)17-4-6-18(7-5-17)12(19)10-8-20-16-15-10/h1-3,8H,4-7,13H2. The number of carbonyl (C=O) groups is 1. The lowest BCUT2D eigenvalue weighted by Crippen LogP contribution is -2.49. The number of nitrogens with zero attached hydrogens (tertiary/aromatic N) is 5. The molecular formula is C12H14N6OS. The minimum Gasteiger partial charge on any atom is -0.396 e. The lowest BCUT2D eigenvalue weighted by atomic mass is 10.2. The Bertz CT molecular complexity index is 594. The first-order valence-electron chi connectivity index (χ1n) is 6.27. The van der Waals surface area contributed by atoms with Gasteiger partial charge in [-0.15, -0.1) is 5.10 Å². The molecule has 1 fully saturated rings. The van der Waals surface area contributed by atoms with E-state index in [1.807, 2.05) is 12.1 Å². The molecule has 3 rings (SSSR count). The van der Waals surface area contributed by atoms with Crippen molar-refractivity contribution < 1.29 is 4.79 Å². The number of hydrogen-bond donors (Lipinski definition) is 1. The van der Waals surface area contributed by atoms with E-state index in [1.165, 1.54) is 11.5 Å². The predicted octanol–water partition coefficient (Wildman–Crippen LogP) is 0.478. The third kappa shape index (κ3) is 2.42. The maximum absolute atomic E-state index is 12.1. The summed E-state index contributed by atoms with van der Waals surface area (Å²) >= 11 is 1.19. The summed E-state index contributed by atoms with van der Waals surface area (Å²) in [4.78, 5) is 20.3. The van der Waals surface area contributed by atoms with Crippen molar-refractivity contribution in [1.82, 2.24) is 19.5 Å². The van der Waals surface area contributed by atoms with Crippen LogP contribution in [0, 0.1) is 0 Å². The van der Waals surface area contributed by atoms with E-state index in [0.717, 1.165) is 5.82 Å². The fraction of sp³-hybridized carbons (Fsp3) is 0.333. The van der Waals surface area contributed by atoms with Crippen LogP contribution in [0.5, 0.6) is 0 Å². The summed E-state index contributed by atoms with van der Waals surface area (Å²) in [5.74, 6) is 0.724. The van der Waals surface area contributed by atoms with Crippen LogP contribution in [0.15, 0.2) is 23.7 Å². The molecule has 0 aromatic carbocycles. The average molecular weight is 290 g/mol. The van der Waals surface area contributed by atoms with Crippen LogP contribution in [0.2, 0.25) is 0 Å². The van der Waals surface area contributed by atoms with Crippen molar-refractivity contribution in [3.05, 3.63) is 29.4 Å². The van der Waals surface area contributed by atoms with Crippen molar-refractivity contribution in [3.63, 3.8) is 0 Å². The molecule has 104 valence electrons. The van der Waals surface area contributed by atoms with Gasteiger partial charge in [0.1, 0.15) is 0 Å². The fourth-order valence-corrected chi connectivity index (χ4v) is 2.64. The summed E-state index contributed by atoms with van der Waals surface area (Å²) in [7, 11) is 0. The molecule has 2 N–H and O–H groups in total. The number of anilines is 2. The van der Waals surface area contributed by atoms with Gasteiger partial charge in [0.05, 0.1) is 5.69 Å². The lowest BCUT2D eigenvalue weighted by molar-refractivity contribution is 0.0740. The highest BCUT2D eigenvalue weighted by Gasteiger charge is 2.24. The fourth-order valence-electron chi connectivity index (χ4n) is 2.21. The zero-order valence-electron chi connectivity index (χ0n) is 10.8. The number of nitrogens with two attached hydrogens (primary N) is 1. The van der Waals surface area contributed by atoms with Gasteiger partial charge in [0.15, 0.2) is 11.5 Å². The van der Waals surface area contributed by atoms with Gasteiger partial charge in [-0.25, -0.2) is 4.98 Å². The normalized spacial score (nSPS) is 15.4. The molecule has 0 radical (unpaired) electrons. The SMILES string of the molecule is Nc1cccnc1N1CCN(C(=O)c2csnn2)CC1. The first-order valence-corrected chi connectivity index (χ1v) is 7.11. The first-order chi connectivity index (χ1) is 9.75. The Morgan fingerprint density at radius 3 is 2.75 bits per heavy atom. The number of piperazine rings is 1. The van der Waals surface area contributed by atoms with Crippen LogP contribution in [0.3, 0.4) is 0 Å². The number of rotatable bonds is 2. The van der Waals surface area contributed by atoms with Crippen LogP contribution in [0.25, 0.3) is 0 Å². The molecule has 0 spiro atoms. The molecule has 20 heavy (non-hydrogen) atoms. The molecule has 0 bridgehead atoms. The van der Waals surface area contributed by atoms with E-state index < -0.39 is 0 Å². The van der Waals surface area contributed by atoms with Crippen LogP contribution >= 0.6 is 11.5 Å². The zero-order valence-corrected chi connectivity index (χ0v) is 11.6. The Kier molecular flexibility index (Phi) is 3.46. The Balaban J connectivity index is 1.65. The highest BCUT2D eigenvalue weighted by atomic mass is 32.1. The van der Waals surface area contributed by atoms with Crippen molar-refractivity contribution >= 4 is 28.9 Å². The van der Waals surface area contributed by atoms with Gasteiger partial charge in [0.25, 0.3) is 5.91 Å². The summed E-state index contributed by atoms with van der Waals surface area (Å²) in [6.07, 6.45) is 1.73. The Labute approximate surface area is 120 Å². The second-order valence-electron chi connectivity index (χ2n) is 4.49. The summed E-state index contributed by atoms with van der Waals surface area (Å²) in [5, 5.41) is 5.49. The predicted molar refractivity (Wildman–Crippen MR) is 76.7 cm³/mol. The Morgan fingerprint density at radius 1 is 1.30 bits per heavy atom. The summed E-state index contributed by atoms with van der Waals surface area (Å²) in [6.45, 7) is 2.69. The third-order valence-electron chi connectivity index (χ3n) is 3.26. The van der Waals surface area contributed by atoms with E-state index >= 15 is 0 Å². The van der Waals surface area contributed by atoms with Crippen molar-refractivity contribution in [2.24, 2.45) is 0 Å². The van der Waals surface area contributed by atoms with E-state index in [0.29, 0.717) is 37.6 Å². The maximum Gasteiger partial charge on any atom is 0.275 e. The zero-order chi connectivity index (χ0) is 13.9. The van der Waals surface area contributed by atoms with Crippen molar-refractivity contribution in [3.8, 4) is 0 Å². The number of hydrogen-bond acceptors (Lipinski definition) is 7. The number of amides is 1. The van der Waals surface area contributed by atoms with Gasteiger partial charge < -0.3 is 15.5 Å². The second-order valence-corrected chi connectivity index (χ2v) is 5.10. The molecular weight excluding hydrogens is 276 g/mol. The molecule has 2 aromatic heterocycles. The molecule has 7 nitrogen and oxygen atoms in total. The van der Waals surface area contributed by atoms with Gasteiger partial charge in [0, 0.05) is 37.8 Å². The van der Waals surface area contributed by atoms with Gasteiger partial charge >= 0.3 is 0 Å². The number of carbonyl (C=O) groups excluding carboxylic acids is 1. The van der Waals surface area contributed by atoms with Crippen LogP contribution in [-0.2, 0) is 0 Å². The highest BCUT2D eigenvalue weighted by molar-refractivity contribution is 7.03. The second kappa shape index (κ2) is 5.41. The lowest BCUT2D eigenvalue weighted by Gasteiger charge is -2.35. The number of nitrogen functional groups attached to an aromatic ring is 1. The van der Waals surface area contributed by atoms with E-state index in [-0.39, 0.29) is 5.91 Å². The van der Waals surface area contributed by atoms with E-state index in [9.17, 15) is 4.79 Å². The van der Waals surface area contributed by atoms with E-state index in [4.69, 9.17) is 5.73 Å². The molecule has 8 heteroatoms. The smallest absolute Gasteiger partial charge is 0.275 e. The molecule has 3 heterocycles. The first kappa shape index (κ1) is 12.8. The number of aromatic nitrogens is 3. The minimum atomic E-state index is -0.0626. The molecule has 1 amide bonds. The van der Waals surface area contributed by atoms with Crippen molar-refractivity contribution in [2.75, 3.05) is 36.8 Å². The van der Waals surface area contributed by atoms with Gasteiger partial charge in [-0.2, -0.15) is 0 Å². The highest BCUT2D eigenvalue weighted by Crippen LogP contribution is 2.20. The quantitative estimate of drug-likeness (QED) is 0.865. The molecule has 0 unspecified atom stereocenters. The molecule has 1 saturated heterocycles. The molecule has 0 aliphatic carbocycles. The Hall–Kier alpha value is -2.22. The van der Waals surface area contributed by atoms with Gasteiger partial charge in [-0.1, -0.05) is 4.49 Å². The van der Waals surface area contributed by atoms with Crippen molar-refractivity contribution in [1.29, 1.82) is 0 Å². The number of pyridine rings is 1. The molecule has 2 aromatic rings. The Morgan fingerprint density at radius 2 is 2.10 bits per heavy atom. The summed E-state index contributed by atoms with van der Waals surface area (Å²) in [5.41, 5.74) is 7.00. The average Bonchev–Trinajstić information content (AvgIpc) is 3.01. The van der Waals surface area contributed by atoms with Crippen LogP contribution in [0.1, 0.15) is 10.5 Å². The third-order valence-corrected chi connectivity index (χ3v) is 3.77. The van der Waals surface area contributed by atoms with Gasteiger partial charge in [-0.05, 0) is 23.7 Å². The van der Waals surface area contributed by atoms with E-state index in [1.54, 1.807) is 16.5 Å².